The van der Waals surface area contributed by atoms with Gasteiger partial charge >= 0.3 is 6.36 Å². The van der Waals surface area contributed by atoms with E-state index >= 15 is 0 Å². The third kappa shape index (κ3) is 4.09. The molecule has 21 heavy (non-hydrogen) atoms. The Morgan fingerprint density at radius 3 is 2.38 bits per heavy atom. The molecule has 1 aromatic heterocycles. The van der Waals surface area contributed by atoms with Crippen molar-refractivity contribution in [2.75, 3.05) is 7.11 Å². The van der Waals surface area contributed by atoms with Crippen LogP contribution in [0.1, 0.15) is 21.9 Å². The molecule has 0 saturated heterocycles. The van der Waals surface area contributed by atoms with Crippen molar-refractivity contribution in [3.8, 4) is 5.75 Å². The van der Waals surface area contributed by atoms with E-state index in [9.17, 15) is 18.0 Å². The average molecular weight is 300 g/mol. The van der Waals surface area contributed by atoms with Crippen LogP contribution in [-0.2, 0) is 11.3 Å². The second kappa shape index (κ2) is 6.01. The molecule has 0 atom stereocenters. The average Bonchev–Trinajstić information content (AvgIpc) is 2.86. The number of benzene rings is 1. The van der Waals surface area contributed by atoms with Crippen LogP contribution in [0.2, 0.25) is 0 Å². The predicted octanol–water partition coefficient (Wildman–Crippen LogP) is 3.56. The topological polar surface area (TPSA) is 48.7 Å². The molecule has 2 rings (SSSR count). The fraction of sp³-hybridized carbons (Fsp3) is 0.214. The van der Waals surface area contributed by atoms with Crippen molar-refractivity contribution >= 4 is 5.78 Å². The fourth-order valence-corrected chi connectivity index (χ4v) is 1.67. The number of hydrogen-bond acceptors (Lipinski definition) is 4. The molecule has 7 heteroatoms. The van der Waals surface area contributed by atoms with Crippen LogP contribution in [0.25, 0.3) is 0 Å². The first kappa shape index (κ1) is 15.1. The lowest BCUT2D eigenvalue weighted by molar-refractivity contribution is -0.274. The molecule has 0 N–H and O–H groups in total. The molecule has 112 valence electrons. The van der Waals surface area contributed by atoms with E-state index in [2.05, 4.69) is 4.74 Å². The van der Waals surface area contributed by atoms with Crippen molar-refractivity contribution in [2.24, 2.45) is 0 Å². The molecule has 0 radical (unpaired) electrons. The number of rotatable bonds is 5. The van der Waals surface area contributed by atoms with Crippen LogP contribution in [0.5, 0.6) is 5.75 Å². The molecule has 1 heterocycles. The monoisotopic (exact) mass is 300 g/mol. The van der Waals surface area contributed by atoms with Crippen LogP contribution in [-0.4, -0.2) is 19.3 Å². The van der Waals surface area contributed by atoms with Gasteiger partial charge in [0.2, 0.25) is 5.78 Å². The highest BCUT2D eigenvalue weighted by Crippen LogP contribution is 2.23. The second-order valence-electron chi connectivity index (χ2n) is 4.10. The molecule has 0 aliphatic carbocycles. The first-order valence-electron chi connectivity index (χ1n) is 5.87. The number of ketones is 1. The Bertz CT molecular complexity index is 614. The molecule has 0 spiro atoms. The summed E-state index contributed by atoms with van der Waals surface area (Å²) in [5.41, 5.74) is 0.197. The summed E-state index contributed by atoms with van der Waals surface area (Å²) >= 11 is 0. The quantitative estimate of drug-likeness (QED) is 0.792. The summed E-state index contributed by atoms with van der Waals surface area (Å²) in [6.07, 6.45) is -4.76. The lowest BCUT2D eigenvalue weighted by atomic mass is 10.1. The van der Waals surface area contributed by atoms with Crippen LogP contribution in [0.3, 0.4) is 0 Å². The Labute approximate surface area is 118 Å². The smallest absolute Gasteiger partial charge is 0.455 e. The maximum Gasteiger partial charge on any atom is 0.573 e. The molecule has 2 aromatic rings. The summed E-state index contributed by atoms with van der Waals surface area (Å²) < 4.78 is 49.9. The number of halogens is 3. The standard InChI is InChI=1S/C14H11F3O4/c1-19-8-11-6-7-12(20-11)13(18)9-2-4-10(5-3-9)21-14(15,16)17/h2-7H,8H2,1H3. The molecule has 4 nitrogen and oxygen atoms in total. The van der Waals surface area contributed by atoms with E-state index < -0.39 is 17.9 Å². The summed E-state index contributed by atoms with van der Waals surface area (Å²) in [4.78, 5) is 12.1. The number of carbonyl (C=O) groups excluding carboxylic acids is 1. The van der Waals surface area contributed by atoms with Gasteiger partial charge in [0.1, 0.15) is 18.1 Å². The van der Waals surface area contributed by atoms with Gasteiger partial charge in [-0.15, -0.1) is 13.2 Å². The first-order chi connectivity index (χ1) is 9.89. The Kier molecular flexibility index (Phi) is 4.32. The lowest BCUT2D eigenvalue weighted by Gasteiger charge is -2.08. The van der Waals surface area contributed by atoms with E-state index in [0.29, 0.717) is 5.76 Å². The predicted molar refractivity (Wildman–Crippen MR) is 66.0 cm³/mol. The highest BCUT2D eigenvalue weighted by molar-refractivity contribution is 6.07. The fourth-order valence-electron chi connectivity index (χ4n) is 1.67. The summed E-state index contributed by atoms with van der Waals surface area (Å²) in [6, 6.07) is 7.69. The third-order valence-electron chi connectivity index (χ3n) is 2.52. The van der Waals surface area contributed by atoms with Gasteiger partial charge in [0, 0.05) is 12.7 Å². The number of carbonyl (C=O) groups is 1. The van der Waals surface area contributed by atoms with Crippen molar-refractivity contribution in [1.82, 2.24) is 0 Å². The molecule has 1 aromatic carbocycles. The van der Waals surface area contributed by atoms with E-state index in [1.165, 1.54) is 25.3 Å². The van der Waals surface area contributed by atoms with Crippen molar-refractivity contribution in [3.63, 3.8) is 0 Å². The minimum absolute atomic E-state index is 0.0894. The van der Waals surface area contributed by atoms with Crippen molar-refractivity contribution in [3.05, 3.63) is 53.5 Å². The van der Waals surface area contributed by atoms with E-state index in [1.807, 2.05) is 0 Å². The number of alkyl halides is 3. The molecular weight excluding hydrogens is 289 g/mol. The normalized spacial score (nSPS) is 11.4. The van der Waals surface area contributed by atoms with Crippen LogP contribution in [0.4, 0.5) is 13.2 Å². The molecule has 0 aliphatic rings. The summed E-state index contributed by atoms with van der Waals surface area (Å²) in [6.45, 7) is 0.228. The maximum atomic E-state index is 12.1. The van der Waals surface area contributed by atoms with Gasteiger partial charge < -0.3 is 13.9 Å². The van der Waals surface area contributed by atoms with Gasteiger partial charge in [-0.25, -0.2) is 0 Å². The zero-order valence-electron chi connectivity index (χ0n) is 10.9. The molecule has 0 saturated carbocycles. The first-order valence-corrected chi connectivity index (χ1v) is 5.87. The maximum absolute atomic E-state index is 12.1. The van der Waals surface area contributed by atoms with Gasteiger partial charge in [-0.2, -0.15) is 0 Å². The van der Waals surface area contributed by atoms with Gasteiger partial charge in [-0.05, 0) is 36.4 Å². The summed E-state index contributed by atoms with van der Waals surface area (Å²) in [7, 11) is 1.49. The number of ether oxygens (including phenoxy) is 2. The Balaban J connectivity index is 2.12. The number of hydrogen-bond donors (Lipinski definition) is 0. The van der Waals surface area contributed by atoms with Crippen molar-refractivity contribution in [1.29, 1.82) is 0 Å². The highest BCUT2D eigenvalue weighted by Gasteiger charge is 2.31. The Morgan fingerprint density at radius 1 is 1.14 bits per heavy atom. The lowest BCUT2D eigenvalue weighted by Crippen LogP contribution is -2.17. The van der Waals surface area contributed by atoms with Gasteiger partial charge in [-0.3, -0.25) is 4.79 Å². The van der Waals surface area contributed by atoms with Gasteiger partial charge in [-0.1, -0.05) is 0 Å². The van der Waals surface area contributed by atoms with Crippen LogP contribution in [0, 0.1) is 0 Å². The Morgan fingerprint density at radius 2 is 1.81 bits per heavy atom. The molecule has 0 fully saturated rings. The summed E-state index contributed by atoms with van der Waals surface area (Å²) in [5, 5.41) is 0. The highest BCUT2D eigenvalue weighted by atomic mass is 19.4. The zero-order valence-corrected chi connectivity index (χ0v) is 10.9. The van der Waals surface area contributed by atoms with Crippen molar-refractivity contribution < 1.29 is 31.9 Å². The molecular formula is C14H11F3O4. The Hall–Kier alpha value is -2.28. The van der Waals surface area contributed by atoms with Crippen LogP contribution in [0.15, 0.2) is 40.8 Å². The van der Waals surface area contributed by atoms with Gasteiger partial charge in [0.25, 0.3) is 0 Å². The minimum Gasteiger partial charge on any atom is -0.455 e. The molecule has 0 unspecified atom stereocenters. The van der Waals surface area contributed by atoms with E-state index in [-0.39, 0.29) is 17.9 Å². The van der Waals surface area contributed by atoms with Gasteiger partial charge in [0.15, 0.2) is 5.76 Å². The zero-order chi connectivity index (χ0) is 15.5. The van der Waals surface area contributed by atoms with Crippen molar-refractivity contribution in [2.45, 2.75) is 13.0 Å². The molecule has 0 amide bonds. The van der Waals surface area contributed by atoms with E-state index in [4.69, 9.17) is 9.15 Å². The van der Waals surface area contributed by atoms with E-state index in [0.717, 1.165) is 12.1 Å². The molecule has 0 aliphatic heterocycles. The summed E-state index contributed by atoms with van der Waals surface area (Å²) in [5.74, 6) is -0.251. The largest absolute Gasteiger partial charge is 0.573 e. The minimum atomic E-state index is -4.76. The number of furan rings is 1. The van der Waals surface area contributed by atoms with Crippen LogP contribution >= 0.6 is 0 Å². The number of methoxy groups -OCH3 is 1. The third-order valence-corrected chi connectivity index (χ3v) is 2.52. The molecule has 0 bridgehead atoms. The van der Waals surface area contributed by atoms with Gasteiger partial charge in [0.05, 0.1) is 0 Å². The van der Waals surface area contributed by atoms with E-state index in [1.54, 1.807) is 6.07 Å². The second-order valence-corrected chi connectivity index (χ2v) is 4.10. The SMILES string of the molecule is COCc1ccc(C(=O)c2ccc(OC(F)(F)F)cc2)o1. The van der Waals surface area contributed by atoms with Crippen LogP contribution < -0.4 is 4.74 Å².